The number of hydrogen-bond acceptors (Lipinski definition) is 2. The lowest BCUT2D eigenvalue weighted by molar-refractivity contribution is 0.00304. The van der Waals surface area contributed by atoms with E-state index in [1.54, 1.807) is 0 Å². The minimum atomic E-state index is -0.0562. The molecule has 1 heterocycles. The van der Waals surface area contributed by atoms with Gasteiger partial charge in [0.25, 0.3) is 0 Å². The van der Waals surface area contributed by atoms with Gasteiger partial charge in [-0.3, -0.25) is 4.90 Å². The minimum absolute atomic E-state index is 0.0562. The van der Waals surface area contributed by atoms with Gasteiger partial charge in [0.15, 0.2) is 0 Å². The molecule has 2 fully saturated rings. The highest BCUT2D eigenvalue weighted by molar-refractivity contribution is 4.86. The number of aliphatic hydroxyl groups excluding tert-OH is 1. The quantitative estimate of drug-likeness (QED) is 0.720. The summed E-state index contributed by atoms with van der Waals surface area (Å²) in [6, 6.07) is 1.15. The molecule has 2 aliphatic rings. The maximum atomic E-state index is 10.1. The molecule has 2 rings (SSSR count). The first kappa shape index (κ1) is 11.4. The lowest BCUT2D eigenvalue weighted by atomic mass is 9.90. The number of rotatable bonds is 1. The van der Waals surface area contributed by atoms with Gasteiger partial charge in [-0.2, -0.15) is 0 Å². The molecular weight excluding hydrogens is 186 g/mol. The van der Waals surface area contributed by atoms with Crippen LogP contribution in [0.25, 0.3) is 0 Å². The smallest absolute Gasteiger partial charge is 0.0695 e. The Bertz CT molecular complexity index is 195. The molecule has 0 radical (unpaired) electrons. The molecule has 15 heavy (non-hydrogen) atoms. The molecule has 0 aromatic rings. The fourth-order valence-electron chi connectivity index (χ4n) is 3.27. The van der Waals surface area contributed by atoms with Crippen molar-refractivity contribution in [2.24, 2.45) is 0 Å². The summed E-state index contributed by atoms with van der Waals surface area (Å²) in [5.41, 5.74) is 0. The third kappa shape index (κ3) is 2.73. The van der Waals surface area contributed by atoms with E-state index in [-0.39, 0.29) is 6.10 Å². The standard InChI is InChI=1S/C13H25NO/c1-11-7-3-2-6-10-14(11)12-8-4-5-9-13(12)15/h11-13,15H,2-10H2,1H3/t11?,12-,13-/m1/s1. The van der Waals surface area contributed by atoms with Crippen molar-refractivity contribution in [2.45, 2.75) is 76.5 Å². The zero-order chi connectivity index (χ0) is 10.7. The lowest BCUT2D eigenvalue weighted by Crippen LogP contribution is -2.49. The van der Waals surface area contributed by atoms with Crippen LogP contribution in [0.15, 0.2) is 0 Å². The van der Waals surface area contributed by atoms with Crippen LogP contribution in [0, 0.1) is 0 Å². The second-order valence-corrected chi connectivity index (χ2v) is 5.36. The third-order valence-electron chi connectivity index (χ3n) is 4.22. The highest BCUT2D eigenvalue weighted by Crippen LogP contribution is 2.28. The molecule has 0 spiro atoms. The molecule has 2 heteroatoms. The summed E-state index contributed by atoms with van der Waals surface area (Å²) in [7, 11) is 0. The molecule has 1 N–H and O–H groups in total. The van der Waals surface area contributed by atoms with Crippen LogP contribution in [-0.2, 0) is 0 Å². The molecular formula is C13H25NO. The van der Waals surface area contributed by atoms with Gasteiger partial charge < -0.3 is 5.11 Å². The molecule has 1 aliphatic carbocycles. The van der Waals surface area contributed by atoms with Gasteiger partial charge >= 0.3 is 0 Å². The summed E-state index contributed by atoms with van der Waals surface area (Å²) < 4.78 is 0. The van der Waals surface area contributed by atoms with Crippen LogP contribution in [0.1, 0.15) is 58.3 Å². The second-order valence-electron chi connectivity index (χ2n) is 5.36. The third-order valence-corrected chi connectivity index (χ3v) is 4.22. The van der Waals surface area contributed by atoms with Crippen LogP contribution < -0.4 is 0 Å². The molecule has 2 nitrogen and oxygen atoms in total. The van der Waals surface area contributed by atoms with Crippen LogP contribution in [0.5, 0.6) is 0 Å². The van der Waals surface area contributed by atoms with Gasteiger partial charge in [-0.15, -0.1) is 0 Å². The highest BCUT2D eigenvalue weighted by atomic mass is 16.3. The van der Waals surface area contributed by atoms with E-state index >= 15 is 0 Å². The first-order chi connectivity index (χ1) is 7.29. The average molecular weight is 211 g/mol. The summed E-state index contributed by atoms with van der Waals surface area (Å²) in [4.78, 5) is 2.59. The van der Waals surface area contributed by atoms with E-state index in [9.17, 15) is 5.11 Å². The Hall–Kier alpha value is -0.0800. The summed E-state index contributed by atoms with van der Waals surface area (Å²) in [6.45, 7) is 3.55. The lowest BCUT2D eigenvalue weighted by Gasteiger charge is -2.40. The minimum Gasteiger partial charge on any atom is -0.391 e. The van der Waals surface area contributed by atoms with E-state index in [1.807, 2.05) is 0 Å². The maximum absolute atomic E-state index is 10.1. The van der Waals surface area contributed by atoms with Crippen LogP contribution >= 0.6 is 0 Å². The average Bonchev–Trinajstić information content (AvgIpc) is 2.44. The zero-order valence-corrected chi connectivity index (χ0v) is 9.99. The number of likely N-dealkylation sites (tertiary alicyclic amines) is 1. The van der Waals surface area contributed by atoms with E-state index in [0.717, 1.165) is 6.42 Å². The molecule has 0 aromatic carbocycles. The first-order valence-electron chi connectivity index (χ1n) is 6.73. The van der Waals surface area contributed by atoms with E-state index in [4.69, 9.17) is 0 Å². The topological polar surface area (TPSA) is 23.5 Å². The van der Waals surface area contributed by atoms with Crippen LogP contribution in [-0.4, -0.2) is 34.7 Å². The SMILES string of the molecule is CC1CCCCCN1[C@@H]1CCCC[C@H]1O. The molecule has 0 amide bonds. The Balaban J connectivity index is 1.98. The second kappa shape index (κ2) is 5.31. The highest BCUT2D eigenvalue weighted by Gasteiger charge is 2.31. The molecule has 0 aromatic heterocycles. The van der Waals surface area contributed by atoms with E-state index < -0.39 is 0 Å². The summed E-state index contributed by atoms with van der Waals surface area (Å²) in [6.07, 6.45) is 10.1. The van der Waals surface area contributed by atoms with Crippen LogP contribution in [0.4, 0.5) is 0 Å². The van der Waals surface area contributed by atoms with Crippen molar-refractivity contribution in [3.05, 3.63) is 0 Å². The van der Waals surface area contributed by atoms with E-state index in [2.05, 4.69) is 11.8 Å². The van der Waals surface area contributed by atoms with Crippen molar-refractivity contribution < 1.29 is 5.11 Å². The maximum Gasteiger partial charge on any atom is 0.0695 e. The van der Waals surface area contributed by atoms with Gasteiger partial charge in [0, 0.05) is 12.1 Å². The predicted octanol–water partition coefficient (Wildman–Crippen LogP) is 2.55. The van der Waals surface area contributed by atoms with Gasteiger partial charge in [0.1, 0.15) is 0 Å². The van der Waals surface area contributed by atoms with E-state index in [0.29, 0.717) is 12.1 Å². The Kier molecular flexibility index (Phi) is 4.04. The van der Waals surface area contributed by atoms with Gasteiger partial charge in [-0.05, 0) is 39.2 Å². The summed E-state index contributed by atoms with van der Waals surface area (Å²) in [5.74, 6) is 0. The Morgan fingerprint density at radius 1 is 0.933 bits per heavy atom. The molecule has 1 saturated heterocycles. The molecule has 1 saturated carbocycles. The molecule has 0 bridgehead atoms. The van der Waals surface area contributed by atoms with Crippen molar-refractivity contribution in [1.29, 1.82) is 0 Å². The van der Waals surface area contributed by atoms with Crippen molar-refractivity contribution in [1.82, 2.24) is 4.90 Å². The van der Waals surface area contributed by atoms with Crippen molar-refractivity contribution >= 4 is 0 Å². The monoisotopic (exact) mass is 211 g/mol. The zero-order valence-electron chi connectivity index (χ0n) is 9.99. The Labute approximate surface area is 93.7 Å². The van der Waals surface area contributed by atoms with Crippen LogP contribution in [0.2, 0.25) is 0 Å². The molecule has 3 atom stereocenters. The molecule has 1 unspecified atom stereocenters. The van der Waals surface area contributed by atoms with Gasteiger partial charge in [-0.25, -0.2) is 0 Å². The van der Waals surface area contributed by atoms with Crippen molar-refractivity contribution in [3.8, 4) is 0 Å². The van der Waals surface area contributed by atoms with Crippen molar-refractivity contribution in [3.63, 3.8) is 0 Å². The van der Waals surface area contributed by atoms with Gasteiger partial charge in [-0.1, -0.05) is 25.7 Å². The van der Waals surface area contributed by atoms with E-state index in [1.165, 1.54) is 51.5 Å². The fourth-order valence-corrected chi connectivity index (χ4v) is 3.27. The van der Waals surface area contributed by atoms with Crippen molar-refractivity contribution in [2.75, 3.05) is 6.54 Å². The number of nitrogens with zero attached hydrogens (tertiary/aromatic N) is 1. The Morgan fingerprint density at radius 3 is 2.47 bits per heavy atom. The van der Waals surface area contributed by atoms with Gasteiger partial charge in [0.2, 0.25) is 0 Å². The van der Waals surface area contributed by atoms with Gasteiger partial charge in [0.05, 0.1) is 6.10 Å². The summed E-state index contributed by atoms with van der Waals surface area (Å²) in [5, 5.41) is 10.1. The predicted molar refractivity (Wildman–Crippen MR) is 62.9 cm³/mol. The number of hydrogen-bond donors (Lipinski definition) is 1. The molecule has 1 aliphatic heterocycles. The summed E-state index contributed by atoms with van der Waals surface area (Å²) >= 11 is 0. The largest absolute Gasteiger partial charge is 0.391 e. The van der Waals surface area contributed by atoms with Crippen LogP contribution in [0.3, 0.4) is 0 Å². The molecule has 88 valence electrons. The Morgan fingerprint density at radius 2 is 1.67 bits per heavy atom. The fraction of sp³-hybridized carbons (Fsp3) is 1.00. The normalized spacial score (nSPS) is 40.0. The number of aliphatic hydroxyl groups is 1. The first-order valence-corrected chi connectivity index (χ1v) is 6.73.